The van der Waals surface area contributed by atoms with Gasteiger partial charge in [0.05, 0.1) is 0 Å². The van der Waals surface area contributed by atoms with Crippen LogP contribution < -0.4 is 0 Å². The molecular formula is C8H17Br. The van der Waals surface area contributed by atoms with E-state index < -0.39 is 0 Å². The lowest BCUT2D eigenvalue weighted by Gasteiger charge is -2.16. The fourth-order valence-electron chi connectivity index (χ4n) is 0.784. The van der Waals surface area contributed by atoms with Crippen LogP contribution in [0.5, 0.6) is 0 Å². The number of hydrogen-bond acceptors (Lipinski definition) is 0. The van der Waals surface area contributed by atoms with E-state index in [-0.39, 0.29) is 0 Å². The van der Waals surface area contributed by atoms with E-state index in [0.717, 1.165) is 11.8 Å². The molecule has 0 bridgehead atoms. The highest BCUT2D eigenvalue weighted by molar-refractivity contribution is 9.09. The third kappa shape index (κ3) is 4.95. The first-order valence-corrected chi connectivity index (χ1v) is 4.59. The largest absolute Gasteiger partial charge is 0.0894 e. The van der Waals surface area contributed by atoms with E-state index in [1.807, 2.05) is 0 Å². The summed E-state index contributed by atoms with van der Waals surface area (Å²) < 4.78 is 0. The normalized spacial score (nSPS) is 18.0. The average Bonchev–Trinajstić information content (AvgIpc) is 1.63. The monoisotopic (exact) mass is 192 g/mol. The number of halogens is 1. The van der Waals surface area contributed by atoms with Crippen molar-refractivity contribution in [3.8, 4) is 0 Å². The molecule has 0 amide bonds. The fraction of sp³-hybridized carbons (Fsp3) is 1.00. The average molecular weight is 193 g/mol. The van der Waals surface area contributed by atoms with Crippen molar-refractivity contribution in [2.45, 2.75) is 38.9 Å². The quantitative estimate of drug-likeness (QED) is 0.602. The molecule has 2 unspecified atom stereocenters. The lowest BCUT2D eigenvalue weighted by molar-refractivity contribution is 0.394. The van der Waals surface area contributed by atoms with Crippen molar-refractivity contribution in [2.75, 3.05) is 0 Å². The molecule has 0 aromatic rings. The van der Waals surface area contributed by atoms with Crippen molar-refractivity contribution in [1.82, 2.24) is 0 Å². The minimum absolute atomic E-state index is 0.676. The molecule has 2 atom stereocenters. The van der Waals surface area contributed by atoms with Gasteiger partial charge in [0.1, 0.15) is 0 Å². The zero-order chi connectivity index (χ0) is 7.44. The zero-order valence-electron chi connectivity index (χ0n) is 6.82. The summed E-state index contributed by atoms with van der Waals surface area (Å²) in [6, 6.07) is 0. The molecule has 0 nitrogen and oxygen atoms in total. The molecule has 56 valence electrons. The Morgan fingerprint density at radius 1 is 1.11 bits per heavy atom. The van der Waals surface area contributed by atoms with Crippen molar-refractivity contribution in [3.63, 3.8) is 0 Å². The molecule has 0 rings (SSSR count). The van der Waals surface area contributed by atoms with E-state index >= 15 is 0 Å². The Morgan fingerprint density at radius 3 is 1.67 bits per heavy atom. The van der Waals surface area contributed by atoms with Crippen LogP contribution in [-0.2, 0) is 0 Å². The predicted molar refractivity (Wildman–Crippen MR) is 47.0 cm³/mol. The first-order chi connectivity index (χ1) is 4.04. The van der Waals surface area contributed by atoms with Gasteiger partial charge in [-0.25, -0.2) is 0 Å². The van der Waals surface area contributed by atoms with Crippen LogP contribution in [0.1, 0.15) is 34.1 Å². The Hall–Kier alpha value is 0.480. The van der Waals surface area contributed by atoms with Gasteiger partial charge in [0.15, 0.2) is 0 Å². The smallest absolute Gasteiger partial charge is 0.0120 e. The van der Waals surface area contributed by atoms with Crippen LogP contribution in [0.25, 0.3) is 0 Å². The summed E-state index contributed by atoms with van der Waals surface area (Å²) in [5.74, 6) is 1.67. The molecule has 9 heavy (non-hydrogen) atoms. The van der Waals surface area contributed by atoms with E-state index in [1.54, 1.807) is 0 Å². The third-order valence-electron chi connectivity index (χ3n) is 1.83. The van der Waals surface area contributed by atoms with Crippen molar-refractivity contribution >= 4 is 15.9 Å². The van der Waals surface area contributed by atoms with E-state index in [0.29, 0.717) is 4.83 Å². The van der Waals surface area contributed by atoms with Crippen LogP contribution in [-0.4, -0.2) is 4.83 Å². The minimum Gasteiger partial charge on any atom is -0.0894 e. The molecule has 0 aliphatic heterocycles. The second kappa shape index (κ2) is 4.32. The Labute approximate surface area is 67.2 Å². The van der Waals surface area contributed by atoms with Gasteiger partial charge in [0, 0.05) is 4.83 Å². The molecule has 0 fully saturated rings. The standard InChI is InChI=1S/C8H17Br/c1-6(2)7(3)5-8(4)9/h6-8H,5H2,1-4H3. The summed E-state index contributed by atoms with van der Waals surface area (Å²) in [6.45, 7) is 9.07. The van der Waals surface area contributed by atoms with Crippen LogP contribution in [0.3, 0.4) is 0 Å². The molecule has 0 aliphatic rings. The molecule has 0 saturated carbocycles. The zero-order valence-corrected chi connectivity index (χ0v) is 8.40. The Bertz CT molecular complexity index is 67.0. The van der Waals surface area contributed by atoms with Crippen molar-refractivity contribution in [2.24, 2.45) is 11.8 Å². The number of rotatable bonds is 3. The maximum absolute atomic E-state index is 3.54. The molecular weight excluding hydrogens is 176 g/mol. The molecule has 0 aromatic carbocycles. The van der Waals surface area contributed by atoms with Gasteiger partial charge in [-0.15, -0.1) is 0 Å². The highest BCUT2D eigenvalue weighted by atomic mass is 79.9. The van der Waals surface area contributed by atoms with Gasteiger partial charge in [-0.05, 0) is 18.3 Å². The van der Waals surface area contributed by atoms with Gasteiger partial charge in [-0.1, -0.05) is 43.6 Å². The summed E-state index contributed by atoms with van der Waals surface area (Å²) in [4.78, 5) is 0.676. The highest BCUT2D eigenvalue weighted by Crippen LogP contribution is 2.19. The summed E-state index contributed by atoms with van der Waals surface area (Å²) >= 11 is 3.54. The van der Waals surface area contributed by atoms with E-state index in [2.05, 4.69) is 43.6 Å². The maximum Gasteiger partial charge on any atom is 0.0120 e. The van der Waals surface area contributed by atoms with Gasteiger partial charge >= 0.3 is 0 Å². The van der Waals surface area contributed by atoms with E-state index in [4.69, 9.17) is 0 Å². The van der Waals surface area contributed by atoms with Gasteiger partial charge < -0.3 is 0 Å². The van der Waals surface area contributed by atoms with Crippen molar-refractivity contribution in [1.29, 1.82) is 0 Å². The molecule has 0 spiro atoms. The van der Waals surface area contributed by atoms with Crippen molar-refractivity contribution in [3.05, 3.63) is 0 Å². The van der Waals surface area contributed by atoms with Gasteiger partial charge in [-0.3, -0.25) is 0 Å². The summed E-state index contributed by atoms with van der Waals surface area (Å²) in [5.41, 5.74) is 0. The first-order valence-electron chi connectivity index (χ1n) is 3.68. The van der Waals surface area contributed by atoms with E-state index in [9.17, 15) is 0 Å². The lowest BCUT2D eigenvalue weighted by atomic mass is 9.94. The Morgan fingerprint density at radius 2 is 1.56 bits per heavy atom. The first kappa shape index (κ1) is 9.48. The van der Waals surface area contributed by atoms with Crippen LogP contribution >= 0.6 is 15.9 Å². The molecule has 0 saturated heterocycles. The van der Waals surface area contributed by atoms with Crippen molar-refractivity contribution < 1.29 is 0 Å². The fourth-order valence-corrected chi connectivity index (χ4v) is 1.37. The SMILES string of the molecule is CC(Br)CC(C)C(C)C. The molecule has 0 aliphatic carbocycles. The maximum atomic E-state index is 3.54. The molecule has 0 aromatic heterocycles. The molecule has 0 heterocycles. The third-order valence-corrected chi connectivity index (χ3v) is 2.21. The Kier molecular flexibility index (Phi) is 4.55. The van der Waals surface area contributed by atoms with Crippen LogP contribution in [0, 0.1) is 11.8 Å². The summed E-state index contributed by atoms with van der Waals surface area (Å²) in [5, 5.41) is 0. The van der Waals surface area contributed by atoms with E-state index in [1.165, 1.54) is 6.42 Å². The summed E-state index contributed by atoms with van der Waals surface area (Å²) in [6.07, 6.45) is 1.29. The van der Waals surface area contributed by atoms with Gasteiger partial charge in [0.2, 0.25) is 0 Å². The topological polar surface area (TPSA) is 0 Å². The lowest BCUT2D eigenvalue weighted by Crippen LogP contribution is -2.07. The highest BCUT2D eigenvalue weighted by Gasteiger charge is 2.08. The van der Waals surface area contributed by atoms with Gasteiger partial charge in [-0.2, -0.15) is 0 Å². The second-order valence-corrected chi connectivity index (χ2v) is 4.80. The minimum atomic E-state index is 0.676. The molecule has 1 heteroatoms. The number of alkyl halides is 1. The Balaban J connectivity index is 3.38. The van der Waals surface area contributed by atoms with Crippen LogP contribution in [0.4, 0.5) is 0 Å². The second-order valence-electron chi connectivity index (χ2n) is 3.24. The number of hydrogen-bond donors (Lipinski definition) is 0. The van der Waals surface area contributed by atoms with Crippen LogP contribution in [0.15, 0.2) is 0 Å². The molecule has 0 radical (unpaired) electrons. The van der Waals surface area contributed by atoms with Crippen LogP contribution in [0.2, 0.25) is 0 Å². The summed E-state index contributed by atoms with van der Waals surface area (Å²) in [7, 11) is 0. The predicted octanol–water partition coefficient (Wildman–Crippen LogP) is 3.45. The molecule has 0 N–H and O–H groups in total. The van der Waals surface area contributed by atoms with Gasteiger partial charge in [0.25, 0.3) is 0 Å².